The van der Waals surface area contributed by atoms with E-state index >= 15 is 0 Å². The van der Waals surface area contributed by atoms with Crippen LogP contribution in [-0.4, -0.2) is 11.7 Å². The molecule has 1 unspecified atom stereocenters. The topological polar surface area (TPSA) is 32.3 Å². The average molecular weight is 273 g/mol. The molecule has 0 aliphatic rings. The van der Waals surface area contributed by atoms with E-state index in [0.717, 1.165) is 17.7 Å². The molecule has 1 atom stereocenters. The van der Waals surface area contributed by atoms with Crippen molar-refractivity contribution in [3.63, 3.8) is 0 Å². The Morgan fingerprint density at radius 3 is 2.45 bits per heavy atom. The lowest BCUT2D eigenvalue weighted by atomic mass is 10.1. The second kappa shape index (κ2) is 6.53. The first-order chi connectivity index (χ1) is 9.60. The molecule has 2 N–H and O–H groups in total. The predicted octanol–water partition coefficient (Wildman–Crippen LogP) is 3.84. The van der Waals surface area contributed by atoms with Crippen molar-refractivity contribution in [2.45, 2.75) is 26.4 Å². The van der Waals surface area contributed by atoms with Crippen molar-refractivity contribution in [1.82, 2.24) is 0 Å². The smallest absolute Gasteiger partial charge is 0.126 e. The van der Waals surface area contributed by atoms with Crippen molar-refractivity contribution >= 4 is 5.69 Å². The van der Waals surface area contributed by atoms with Gasteiger partial charge in [0.15, 0.2) is 0 Å². The quantitative estimate of drug-likeness (QED) is 0.867. The highest BCUT2D eigenvalue weighted by Gasteiger charge is 2.09. The molecule has 0 aliphatic heterocycles. The van der Waals surface area contributed by atoms with Gasteiger partial charge in [-0.15, -0.1) is 0 Å². The Balaban J connectivity index is 1.96. The molecule has 0 aromatic heterocycles. The van der Waals surface area contributed by atoms with Gasteiger partial charge in [-0.2, -0.15) is 0 Å². The minimum Gasteiger partial charge on any atom is -0.387 e. The van der Waals surface area contributed by atoms with Crippen LogP contribution in [-0.2, 0) is 6.42 Å². The zero-order valence-corrected chi connectivity index (χ0v) is 11.9. The van der Waals surface area contributed by atoms with E-state index in [0.29, 0.717) is 12.1 Å². The summed E-state index contributed by atoms with van der Waals surface area (Å²) in [5.74, 6) is -0.246. The number of halogens is 1. The number of aliphatic hydroxyl groups is 1. The molecule has 2 aromatic rings. The van der Waals surface area contributed by atoms with Crippen LogP contribution in [0.15, 0.2) is 42.5 Å². The Bertz CT molecular complexity index is 566. The van der Waals surface area contributed by atoms with Crippen LogP contribution >= 0.6 is 0 Å². The van der Waals surface area contributed by atoms with E-state index < -0.39 is 6.10 Å². The summed E-state index contributed by atoms with van der Waals surface area (Å²) in [5.41, 5.74) is 3.53. The Hall–Kier alpha value is -1.87. The van der Waals surface area contributed by atoms with Crippen molar-refractivity contribution in [1.29, 1.82) is 0 Å². The number of hydrogen-bond donors (Lipinski definition) is 2. The van der Waals surface area contributed by atoms with Crippen molar-refractivity contribution in [2.75, 3.05) is 11.9 Å². The van der Waals surface area contributed by atoms with Gasteiger partial charge < -0.3 is 10.4 Å². The van der Waals surface area contributed by atoms with E-state index in [2.05, 4.69) is 24.4 Å². The molecule has 0 fully saturated rings. The van der Waals surface area contributed by atoms with Crippen LogP contribution < -0.4 is 5.32 Å². The molecule has 0 radical (unpaired) electrons. The first-order valence-electron chi connectivity index (χ1n) is 6.87. The molecule has 2 nitrogen and oxygen atoms in total. The van der Waals surface area contributed by atoms with Crippen molar-refractivity contribution in [3.8, 4) is 0 Å². The maximum absolute atomic E-state index is 13.2. The number of benzene rings is 2. The SMILES string of the molecule is CCc1ccc(NCC(O)c2ccc(F)c(C)c2)cc1. The summed E-state index contributed by atoms with van der Waals surface area (Å²) < 4.78 is 13.2. The Kier molecular flexibility index (Phi) is 4.74. The fourth-order valence-corrected chi connectivity index (χ4v) is 2.07. The van der Waals surface area contributed by atoms with Gasteiger partial charge in [-0.1, -0.05) is 31.2 Å². The van der Waals surface area contributed by atoms with Gasteiger partial charge in [0.2, 0.25) is 0 Å². The standard InChI is InChI=1S/C17H20FNO/c1-3-13-4-7-15(8-5-13)19-11-17(20)14-6-9-16(18)12(2)10-14/h4-10,17,19-20H,3,11H2,1-2H3. The molecule has 3 heteroatoms. The van der Waals surface area contributed by atoms with E-state index in [1.54, 1.807) is 19.1 Å². The van der Waals surface area contributed by atoms with Crippen molar-refractivity contribution in [3.05, 3.63) is 65.0 Å². The summed E-state index contributed by atoms with van der Waals surface area (Å²) in [6, 6.07) is 12.8. The largest absolute Gasteiger partial charge is 0.387 e. The molecule has 0 saturated carbocycles. The van der Waals surface area contributed by atoms with E-state index in [4.69, 9.17) is 0 Å². The summed E-state index contributed by atoms with van der Waals surface area (Å²) in [5, 5.41) is 13.3. The predicted molar refractivity (Wildman–Crippen MR) is 80.4 cm³/mol. The molecule has 0 saturated heterocycles. The fraction of sp³-hybridized carbons (Fsp3) is 0.294. The third-order valence-electron chi connectivity index (χ3n) is 3.43. The van der Waals surface area contributed by atoms with Gasteiger partial charge in [-0.25, -0.2) is 4.39 Å². The highest BCUT2D eigenvalue weighted by atomic mass is 19.1. The van der Waals surface area contributed by atoms with Crippen LogP contribution in [0.25, 0.3) is 0 Å². The van der Waals surface area contributed by atoms with E-state index in [-0.39, 0.29) is 5.82 Å². The summed E-state index contributed by atoms with van der Waals surface area (Å²) >= 11 is 0. The third-order valence-corrected chi connectivity index (χ3v) is 3.43. The van der Waals surface area contributed by atoms with E-state index in [9.17, 15) is 9.50 Å². The van der Waals surface area contributed by atoms with E-state index in [1.807, 2.05) is 12.1 Å². The van der Waals surface area contributed by atoms with Crippen LogP contribution in [0.1, 0.15) is 29.7 Å². The van der Waals surface area contributed by atoms with Crippen molar-refractivity contribution < 1.29 is 9.50 Å². The number of nitrogens with one attached hydrogen (secondary N) is 1. The zero-order chi connectivity index (χ0) is 14.5. The highest BCUT2D eigenvalue weighted by molar-refractivity contribution is 5.45. The molecule has 20 heavy (non-hydrogen) atoms. The number of anilines is 1. The molecule has 106 valence electrons. The van der Waals surface area contributed by atoms with Gasteiger partial charge in [0.1, 0.15) is 5.82 Å². The lowest BCUT2D eigenvalue weighted by Crippen LogP contribution is -2.12. The average Bonchev–Trinajstić information content (AvgIpc) is 2.48. The molecule has 0 spiro atoms. The number of hydrogen-bond acceptors (Lipinski definition) is 2. The maximum Gasteiger partial charge on any atom is 0.126 e. The van der Waals surface area contributed by atoms with Crippen molar-refractivity contribution in [2.24, 2.45) is 0 Å². The van der Waals surface area contributed by atoms with E-state index in [1.165, 1.54) is 11.6 Å². The normalized spacial score (nSPS) is 12.2. The molecular formula is C17H20FNO. The third kappa shape index (κ3) is 3.58. The van der Waals surface area contributed by atoms with Crippen LogP contribution in [0.2, 0.25) is 0 Å². The monoisotopic (exact) mass is 273 g/mol. The zero-order valence-electron chi connectivity index (χ0n) is 11.9. The minimum absolute atomic E-state index is 0.246. The maximum atomic E-state index is 13.2. The van der Waals surface area contributed by atoms with Crippen LogP contribution in [0.3, 0.4) is 0 Å². The van der Waals surface area contributed by atoms with Gasteiger partial charge in [-0.05, 0) is 48.2 Å². The molecule has 0 bridgehead atoms. The van der Waals surface area contributed by atoms with Gasteiger partial charge in [0.25, 0.3) is 0 Å². The van der Waals surface area contributed by atoms with Gasteiger partial charge >= 0.3 is 0 Å². The Morgan fingerprint density at radius 2 is 1.85 bits per heavy atom. The lowest BCUT2D eigenvalue weighted by molar-refractivity contribution is 0.191. The van der Waals surface area contributed by atoms with Gasteiger partial charge in [0, 0.05) is 12.2 Å². The van der Waals surface area contributed by atoms with Crippen LogP contribution in [0.5, 0.6) is 0 Å². The first kappa shape index (κ1) is 14.5. The molecule has 0 aliphatic carbocycles. The van der Waals surface area contributed by atoms with Gasteiger partial charge in [-0.3, -0.25) is 0 Å². The molecule has 0 heterocycles. The van der Waals surface area contributed by atoms with Crippen LogP contribution in [0.4, 0.5) is 10.1 Å². The molecule has 0 amide bonds. The van der Waals surface area contributed by atoms with Crippen LogP contribution in [0, 0.1) is 12.7 Å². The molecular weight excluding hydrogens is 253 g/mol. The minimum atomic E-state index is -0.653. The molecule has 2 rings (SSSR count). The number of aryl methyl sites for hydroxylation is 2. The van der Waals surface area contributed by atoms with Gasteiger partial charge in [0.05, 0.1) is 6.10 Å². The number of aliphatic hydroxyl groups excluding tert-OH is 1. The summed E-state index contributed by atoms with van der Waals surface area (Å²) in [6.07, 6.45) is 0.359. The summed E-state index contributed by atoms with van der Waals surface area (Å²) in [6.45, 7) is 4.21. The summed E-state index contributed by atoms with van der Waals surface area (Å²) in [7, 11) is 0. The molecule has 2 aromatic carbocycles. The Labute approximate surface area is 119 Å². The first-order valence-corrected chi connectivity index (χ1v) is 6.87. The summed E-state index contributed by atoms with van der Waals surface area (Å²) in [4.78, 5) is 0. The highest BCUT2D eigenvalue weighted by Crippen LogP contribution is 2.18. The Morgan fingerprint density at radius 1 is 1.15 bits per heavy atom. The second-order valence-corrected chi connectivity index (χ2v) is 4.96. The lowest BCUT2D eigenvalue weighted by Gasteiger charge is -2.14. The number of rotatable bonds is 5. The second-order valence-electron chi connectivity index (χ2n) is 4.96. The fourth-order valence-electron chi connectivity index (χ4n) is 2.07.